The van der Waals surface area contributed by atoms with Crippen molar-refractivity contribution in [1.82, 2.24) is 4.98 Å². The summed E-state index contributed by atoms with van der Waals surface area (Å²) >= 11 is 0. The molecule has 1 heterocycles. The zero-order valence-corrected chi connectivity index (χ0v) is 9.16. The molecule has 18 heavy (non-hydrogen) atoms. The number of carboxylic acid groups (broad SMARTS) is 2. The van der Waals surface area contributed by atoms with Crippen LogP contribution < -0.4 is 11.1 Å². The van der Waals surface area contributed by atoms with Crippen molar-refractivity contribution in [3.63, 3.8) is 0 Å². The van der Waals surface area contributed by atoms with Crippen molar-refractivity contribution >= 4 is 23.7 Å². The first-order chi connectivity index (χ1) is 8.40. The Hall–Kier alpha value is -2.64. The fourth-order valence-corrected chi connectivity index (χ4v) is 1.18. The zero-order valence-electron chi connectivity index (χ0n) is 9.16. The number of amides is 1. The summed E-state index contributed by atoms with van der Waals surface area (Å²) < 4.78 is 0. The molecule has 0 radical (unpaired) electrons. The molecule has 0 aromatic carbocycles. The van der Waals surface area contributed by atoms with Gasteiger partial charge in [-0.1, -0.05) is 0 Å². The van der Waals surface area contributed by atoms with Gasteiger partial charge in [0.15, 0.2) is 0 Å². The van der Waals surface area contributed by atoms with E-state index in [1.807, 2.05) is 0 Å². The third-order valence-electron chi connectivity index (χ3n) is 2.05. The van der Waals surface area contributed by atoms with Gasteiger partial charge in [-0.2, -0.15) is 0 Å². The maximum atomic E-state index is 10.8. The average Bonchev–Trinajstić information content (AvgIpc) is 2.28. The average molecular weight is 253 g/mol. The standard InChI is InChI=1S/C10H11N3O5/c11-9(16)5-1-2-7(12-4-5)13-6(10(17)18)3-8(14)15/h1-2,4,6H,3H2,(H2,11,16)(H,12,13)(H,14,15)(H,17,18). The van der Waals surface area contributed by atoms with Crippen molar-refractivity contribution in [2.75, 3.05) is 5.32 Å². The van der Waals surface area contributed by atoms with Crippen molar-refractivity contribution < 1.29 is 24.6 Å². The van der Waals surface area contributed by atoms with E-state index in [0.29, 0.717) is 0 Å². The molecule has 1 aromatic rings. The molecule has 1 atom stereocenters. The maximum Gasteiger partial charge on any atom is 0.326 e. The highest BCUT2D eigenvalue weighted by Crippen LogP contribution is 2.08. The monoisotopic (exact) mass is 253 g/mol. The molecule has 0 spiro atoms. The highest BCUT2D eigenvalue weighted by Gasteiger charge is 2.21. The lowest BCUT2D eigenvalue weighted by molar-refractivity contribution is -0.144. The second-order valence-electron chi connectivity index (χ2n) is 3.43. The van der Waals surface area contributed by atoms with Crippen molar-refractivity contribution in [2.45, 2.75) is 12.5 Å². The molecule has 0 saturated carbocycles. The number of carbonyl (C=O) groups is 3. The molecule has 5 N–H and O–H groups in total. The van der Waals surface area contributed by atoms with E-state index >= 15 is 0 Å². The molecule has 0 aliphatic heterocycles. The summed E-state index contributed by atoms with van der Waals surface area (Å²) in [7, 11) is 0. The predicted octanol–water partition coefficient (Wildman–Crippen LogP) is -0.480. The minimum atomic E-state index is -1.31. The van der Waals surface area contributed by atoms with Gasteiger partial charge in [-0.25, -0.2) is 9.78 Å². The lowest BCUT2D eigenvalue weighted by atomic mass is 10.2. The summed E-state index contributed by atoms with van der Waals surface area (Å²) in [6.45, 7) is 0. The van der Waals surface area contributed by atoms with E-state index in [1.54, 1.807) is 0 Å². The quantitative estimate of drug-likeness (QED) is 0.536. The van der Waals surface area contributed by atoms with Gasteiger partial charge in [0.2, 0.25) is 5.91 Å². The number of aliphatic carboxylic acids is 2. The van der Waals surface area contributed by atoms with Crippen molar-refractivity contribution in [3.8, 4) is 0 Å². The predicted molar refractivity (Wildman–Crippen MR) is 60.1 cm³/mol. The van der Waals surface area contributed by atoms with Gasteiger partial charge >= 0.3 is 11.9 Å². The van der Waals surface area contributed by atoms with E-state index in [1.165, 1.54) is 18.3 Å². The largest absolute Gasteiger partial charge is 0.481 e. The number of pyridine rings is 1. The molecule has 0 aliphatic carbocycles. The lowest BCUT2D eigenvalue weighted by Crippen LogP contribution is -2.32. The van der Waals surface area contributed by atoms with Crippen LogP contribution in [0.2, 0.25) is 0 Å². The number of nitrogens with one attached hydrogen (secondary N) is 1. The molecule has 0 aliphatic rings. The van der Waals surface area contributed by atoms with Crippen LogP contribution in [0, 0.1) is 0 Å². The van der Waals surface area contributed by atoms with Gasteiger partial charge < -0.3 is 21.3 Å². The molecule has 0 bridgehead atoms. The van der Waals surface area contributed by atoms with Crippen molar-refractivity contribution in [3.05, 3.63) is 23.9 Å². The first-order valence-corrected chi connectivity index (χ1v) is 4.87. The third-order valence-corrected chi connectivity index (χ3v) is 2.05. The summed E-state index contributed by atoms with van der Waals surface area (Å²) in [6, 6.07) is 1.41. The van der Waals surface area contributed by atoms with E-state index in [4.69, 9.17) is 15.9 Å². The number of hydrogen-bond donors (Lipinski definition) is 4. The lowest BCUT2D eigenvalue weighted by Gasteiger charge is -2.12. The highest BCUT2D eigenvalue weighted by atomic mass is 16.4. The van der Waals surface area contributed by atoms with E-state index < -0.39 is 30.3 Å². The zero-order chi connectivity index (χ0) is 13.7. The van der Waals surface area contributed by atoms with Crippen LogP contribution >= 0.6 is 0 Å². The summed E-state index contributed by atoms with van der Waals surface area (Å²) in [5, 5.41) is 19.8. The van der Waals surface area contributed by atoms with E-state index in [-0.39, 0.29) is 11.4 Å². The number of rotatable bonds is 6. The molecular weight excluding hydrogens is 242 g/mol. The number of primary amides is 1. The van der Waals surface area contributed by atoms with Gasteiger partial charge in [-0.3, -0.25) is 9.59 Å². The second kappa shape index (κ2) is 5.62. The molecular formula is C10H11N3O5. The Bertz CT molecular complexity index is 471. The van der Waals surface area contributed by atoms with Gasteiger partial charge in [0, 0.05) is 6.20 Å². The SMILES string of the molecule is NC(=O)c1ccc(NC(CC(=O)O)C(=O)O)nc1. The second-order valence-corrected chi connectivity index (χ2v) is 3.43. The van der Waals surface area contributed by atoms with Crippen LogP contribution in [0.1, 0.15) is 16.8 Å². The van der Waals surface area contributed by atoms with Gasteiger partial charge in [0.25, 0.3) is 0 Å². The molecule has 1 aromatic heterocycles. The molecule has 1 amide bonds. The van der Waals surface area contributed by atoms with Crippen molar-refractivity contribution in [2.24, 2.45) is 5.73 Å². The minimum absolute atomic E-state index is 0.147. The topological polar surface area (TPSA) is 143 Å². The van der Waals surface area contributed by atoms with Crippen LogP contribution in [0.4, 0.5) is 5.82 Å². The fraction of sp³-hybridized carbons (Fsp3) is 0.200. The molecule has 1 rings (SSSR count). The molecule has 0 fully saturated rings. The van der Waals surface area contributed by atoms with Crippen LogP contribution in [0.15, 0.2) is 18.3 Å². The number of carboxylic acids is 2. The highest BCUT2D eigenvalue weighted by molar-refractivity contribution is 5.92. The Labute approximate surface area is 101 Å². The third kappa shape index (κ3) is 3.74. The van der Waals surface area contributed by atoms with Crippen molar-refractivity contribution in [1.29, 1.82) is 0 Å². The summed E-state index contributed by atoms with van der Waals surface area (Å²) in [5.41, 5.74) is 5.18. The van der Waals surface area contributed by atoms with Crippen LogP contribution in [-0.4, -0.2) is 39.1 Å². The number of anilines is 1. The molecule has 1 unspecified atom stereocenters. The summed E-state index contributed by atoms with van der Waals surface area (Å²) in [5.74, 6) is -3.06. The van der Waals surface area contributed by atoms with Crippen LogP contribution in [0.3, 0.4) is 0 Å². The van der Waals surface area contributed by atoms with Gasteiger partial charge in [-0.05, 0) is 12.1 Å². The first-order valence-electron chi connectivity index (χ1n) is 4.87. The van der Waals surface area contributed by atoms with Gasteiger partial charge in [0.1, 0.15) is 11.9 Å². The van der Waals surface area contributed by atoms with Crippen LogP contribution in [0.25, 0.3) is 0 Å². The Kier molecular flexibility index (Phi) is 4.19. The van der Waals surface area contributed by atoms with Gasteiger partial charge in [-0.15, -0.1) is 0 Å². The molecule has 8 nitrogen and oxygen atoms in total. The summed E-state index contributed by atoms with van der Waals surface area (Å²) in [4.78, 5) is 35.8. The minimum Gasteiger partial charge on any atom is -0.481 e. The molecule has 0 saturated heterocycles. The Morgan fingerprint density at radius 2 is 2.00 bits per heavy atom. The number of carbonyl (C=O) groups excluding carboxylic acids is 1. The normalized spacial score (nSPS) is 11.6. The summed E-state index contributed by atoms with van der Waals surface area (Å²) in [6.07, 6.45) is 0.582. The Morgan fingerprint density at radius 3 is 2.39 bits per heavy atom. The van der Waals surface area contributed by atoms with Gasteiger partial charge in [0.05, 0.1) is 12.0 Å². The molecule has 96 valence electrons. The fourth-order valence-electron chi connectivity index (χ4n) is 1.18. The van der Waals surface area contributed by atoms with E-state index in [2.05, 4.69) is 10.3 Å². The molecule has 8 heteroatoms. The smallest absolute Gasteiger partial charge is 0.326 e. The van der Waals surface area contributed by atoms with Crippen LogP contribution in [0.5, 0.6) is 0 Å². The van der Waals surface area contributed by atoms with Crippen LogP contribution in [-0.2, 0) is 9.59 Å². The number of nitrogens with two attached hydrogens (primary N) is 1. The Balaban J connectivity index is 2.78. The number of aromatic nitrogens is 1. The first kappa shape index (κ1) is 13.4. The van der Waals surface area contributed by atoms with E-state index in [0.717, 1.165) is 0 Å². The number of nitrogens with zero attached hydrogens (tertiary/aromatic N) is 1. The Morgan fingerprint density at radius 1 is 1.33 bits per heavy atom. The van der Waals surface area contributed by atoms with E-state index in [9.17, 15) is 14.4 Å². The number of hydrogen-bond acceptors (Lipinski definition) is 5. The maximum absolute atomic E-state index is 10.8.